The average molecular weight is 919 g/mol. The molecule has 8 rings (SSSR count). The maximum atomic E-state index is 15.3. The monoisotopic (exact) mass is 918 g/mol. The van der Waals surface area contributed by atoms with Crippen LogP contribution < -0.4 is 20.1 Å². The second kappa shape index (κ2) is 19.6. The van der Waals surface area contributed by atoms with Crippen LogP contribution in [0.3, 0.4) is 0 Å². The number of methoxy groups -OCH3 is 1. The summed E-state index contributed by atoms with van der Waals surface area (Å²) < 4.78 is 69.8. The molecule has 12 nitrogen and oxygen atoms in total. The Kier molecular flexibility index (Phi) is 13.9. The number of nitrogens with one attached hydrogen (secondary N) is 2. The fourth-order valence-corrected chi connectivity index (χ4v) is 12.8. The predicted molar refractivity (Wildman–Crippen MR) is 239 cm³/mol. The third-order valence-corrected chi connectivity index (χ3v) is 16.5. The van der Waals surface area contributed by atoms with Gasteiger partial charge in [0.1, 0.15) is 57.7 Å². The minimum absolute atomic E-state index is 0.00263. The molecule has 4 aromatic rings. The SMILES string of the molecule is CCOP(=O)(Cc1c(F)cccc1F)[C@@]12C[C@H]1/C=C\CCCCC[C@H](NC(=O)OC1CCCC1)C(=O)N1C[C@H](Oc3cc(-c4ccccc4)nc4c(Cl)c(OC)ccc34)C[C@H]1C(=O)N2. The van der Waals surface area contributed by atoms with Crippen LogP contribution in [0.2, 0.25) is 5.02 Å². The topological polar surface area (TPSA) is 145 Å². The number of carbonyl (C=O) groups excluding carboxylic acids is 3. The van der Waals surface area contributed by atoms with Crippen molar-refractivity contribution in [3.05, 3.63) is 101 Å². The molecule has 3 aromatic carbocycles. The van der Waals surface area contributed by atoms with Gasteiger partial charge in [-0.1, -0.05) is 73.0 Å². The number of fused-ring (bicyclic) bond motifs is 3. The van der Waals surface area contributed by atoms with E-state index in [9.17, 15) is 9.59 Å². The van der Waals surface area contributed by atoms with E-state index in [4.69, 9.17) is 35.3 Å². The molecule has 340 valence electrons. The van der Waals surface area contributed by atoms with E-state index < -0.39 is 78.0 Å². The summed E-state index contributed by atoms with van der Waals surface area (Å²) in [6.07, 6.45) is 8.25. The number of carbonyl (C=O) groups is 3. The standard InChI is InChI=1S/C48H54ClF2N4O8P/c1-3-61-64(59,29-35-36(50)20-14-21-37(35)51)48-27-31(48)17-10-5-4-6-11-22-38(53-47(58)63-32-18-12-13-19-32)46(57)55-28-33(25-40(55)45(56)54-48)62-42-26-39(30-15-8-7-9-16-30)52-44-34(42)23-24-41(60-2)43(44)49/h7-10,14-17,20-21,23-24,26,31-33,38,40H,3-6,11-13,18-19,22,25,27-29H2,1-2H3,(H,53,58)(H,54,56)/b17-10-/t31-,33-,38+,40+,48+,64?/m1/s1. The Labute approximate surface area is 376 Å². The number of ether oxygens (including phenoxy) is 3. The Morgan fingerprint density at radius 1 is 0.969 bits per heavy atom. The van der Waals surface area contributed by atoms with Crippen LogP contribution in [-0.4, -0.2) is 77.6 Å². The molecule has 16 heteroatoms. The van der Waals surface area contributed by atoms with Gasteiger partial charge < -0.3 is 34.3 Å². The lowest BCUT2D eigenvalue weighted by atomic mass is 10.0. The van der Waals surface area contributed by atoms with Crippen molar-refractivity contribution < 1.29 is 46.5 Å². The molecule has 6 atom stereocenters. The summed E-state index contributed by atoms with van der Waals surface area (Å²) in [6, 6.07) is 16.0. The van der Waals surface area contributed by atoms with Gasteiger partial charge in [0.2, 0.25) is 19.2 Å². The largest absolute Gasteiger partial charge is 0.495 e. The van der Waals surface area contributed by atoms with E-state index in [2.05, 4.69) is 10.6 Å². The van der Waals surface area contributed by atoms with Gasteiger partial charge in [-0.15, -0.1) is 0 Å². The molecular formula is C48H54ClF2N4O8P. The van der Waals surface area contributed by atoms with Crippen LogP contribution >= 0.6 is 19.0 Å². The predicted octanol–water partition coefficient (Wildman–Crippen LogP) is 10.1. The number of amides is 3. The van der Waals surface area contributed by atoms with Gasteiger partial charge in [-0.2, -0.15) is 0 Å². The highest BCUT2D eigenvalue weighted by molar-refractivity contribution is 7.60. The van der Waals surface area contributed by atoms with Gasteiger partial charge in [0.15, 0.2) is 0 Å². The van der Waals surface area contributed by atoms with E-state index >= 15 is 18.1 Å². The van der Waals surface area contributed by atoms with Crippen molar-refractivity contribution in [3.8, 4) is 22.8 Å². The van der Waals surface area contributed by atoms with E-state index in [1.807, 2.05) is 42.5 Å². The molecule has 0 bridgehead atoms. The number of nitrogens with zero attached hydrogens (tertiary/aromatic N) is 2. The minimum atomic E-state index is -4.12. The fraction of sp³-hybridized carbons (Fsp3) is 0.458. The zero-order chi connectivity index (χ0) is 45.0. The minimum Gasteiger partial charge on any atom is -0.495 e. The van der Waals surface area contributed by atoms with Gasteiger partial charge in [-0.05, 0) is 82.6 Å². The van der Waals surface area contributed by atoms with Crippen LogP contribution in [0, 0.1) is 17.6 Å². The Balaban J connectivity index is 1.17. The molecule has 4 aliphatic rings. The third-order valence-electron chi connectivity index (χ3n) is 12.9. The van der Waals surface area contributed by atoms with E-state index in [-0.39, 0.29) is 37.1 Å². The molecule has 2 aliphatic carbocycles. The average Bonchev–Trinajstić information content (AvgIpc) is 3.54. The fourth-order valence-electron chi connectivity index (χ4n) is 9.44. The van der Waals surface area contributed by atoms with Crippen molar-refractivity contribution in [1.82, 2.24) is 20.5 Å². The van der Waals surface area contributed by atoms with Gasteiger partial charge in [-0.3, -0.25) is 14.2 Å². The molecule has 1 saturated heterocycles. The van der Waals surface area contributed by atoms with Crippen molar-refractivity contribution in [1.29, 1.82) is 0 Å². The Hall–Kier alpha value is -5.04. The first-order valence-electron chi connectivity index (χ1n) is 22.3. The molecule has 3 fully saturated rings. The highest BCUT2D eigenvalue weighted by Gasteiger charge is 2.67. The maximum Gasteiger partial charge on any atom is 0.408 e. The normalized spacial score (nSPS) is 25.5. The van der Waals surface area contributed by atoms with Gasteiger partial charge in [0.05, 0.1) is 37.6 Å². The second-order valence-corrected chi connectivity index (χ2v) is 20.2. The molecule has 3 heterocycles. The number of aromatic nitrogens is 1. The number of hydrogen-bond donors (Lipinski definition) is 2. The highest BCUT2D eigenvalue weighted by atomic mass is 35.5. The summed E-state index contributed by atoms with van der Waals surface area (Å²) >= 11 is 6.85. The summed E-state index contributed by atoms with van der Waals surface area (Å²) in [5.41, 5.74) is 1.40. The van der Waals surface area contributed by atoms with Gasteiger partial charge in [0.25, 0.3) is 0 Å². The molecule has 0 spiro atoms. The lowest BCUT2D eigenvalue weighted by Crippen LogP contribution is -2.55. The summed E-state index contributed by atoms with van der Waals surface area (Å²) in [5, 5.41) is 5.23. The van der Waals surface area contributed by atoms with Crippen molar-refractivity contribution in [2.24, 2.45) is 5.92 Å². The summed E-state index contributed by atoms with van der Waals surface area (Å²) in [4.78, 5) is 49.6. The summed E-state index contributed by atoms with van der Waals surface area (Å²) in [7, 11) is -2.61. The first-order chi connectivity index (χ1) is 30.9. The first kappa shape index (κ1) is 45.5. The smallest absolute Gasteiger partial charge is 0.408 e. The summed E-state index contributed by atoms with van der Waals surface area (Å²) in [6.45, 7) is 1.54. The van der Waals surface area contributed by atoms with Gasteiger partial charge in [0, 0.05) is 34.9 Å². The first-order valence-corrected chi connectivity index (χ1v) is 24.4. The number of allylic oxidation sites excluding steroid dienone is 1. The lowest BCUT2D eigenvalue weighted by Gasteiger charge is -2.33. The Morgan fingerprint density at radius 2 is 1.72 bits per heavy atom. The van der Waals surface area contributed by atoms with Crippen molar-refractivity contribution in [3.63, 3.8) is 0 Å². The van der Waals surface area contributed by atoms with E-state index in [0.29, 0.717) is 47.4 Å². The number of pyridine rings is 1. The zero-order valence-electron chi connectivity index (χ0n) is 36.0. The lowest BCUT2D eigenvalue weighted by molar-refractivity contribution is -0.140. The van der Waals surface area contributed by atoms with Crippen LogP contribution in [0.4, 0.5) is 13.6 Å². The number of rotatable bonds is 11. The molecule has 1 unspecified atom stereocenters. The molecular weight excluding hydrogens is 865 g/mol. The van der Waals surface area contributed by atoms with Crippen LogP contribution in [-0.2, 0) is 29.6 Å². The van der Waals surface area contributed by atoms with Crippen LogP contribution in [0.5, 0.6) is 11.5 Å². The zero-order valence-corrected chi connectivity index (χ0v) is 37.7. The Bertz CT molecular complexity index is 2440. The van der Waals surface area contributed by atoms with Crippen molar-refractivity contribution >= 4 is 47.8 Å². The highest BCUT2D eigenvalue weighted by Crippen LogP contribution is 2.74. The maximum absolute atomic E-state index is 15.3. The van der Waals surface area contributed by atoms with Gasteiger partial charge in [-0.25, -0.2) is 18.6 Å². The van der Waals surface area contributed by atoms with Crippen molar-refractivity contribution in [2.45, 2.75) is 113 Å². The van der Waals surface area contributed by atoms with E-state index in [1.165, 1.54) is 18.1 Å². The quantitative estimate of drug-likeness (QED) is 0.111. The Morgan fingerprint density at radius 3 is 2.45 bits per heavy atom. The molecule has 2 saturated carbocycles. The van der Waals surface area contributed by atoms with Crippen LogP contribution in [0.25, 0.3) is 22.2 Å². The van der Waals surface area contributed by atoms with Crippen molar-refractivity contribution in [2.75, 3.05) is 20.3 Å². The van der Waals surface area contributed by atoms with Gasteiger partial charge >= 0.3 is 6.09 Å². The third kappa shape index (κ3) is 9.51. The number of benzene rings is 3. The molecule has 2 aliphatic heterocycles. The van der Waals surface area contributed by atoms with Crippen LogP contribution in [0.1, 0.15) is 83.1 Å². The molecule has 0 radical (unpaired) electrons. The number of halogens is 3. The van der Waals surface area contributed by atoms with E-state index in [0.717, 1.165) is 56.2 Å². The van der Waals surface area contributed by atoms with Crippen LogP contribution in [0.15, 0.2) is 78.9 Å². The summed E-state index contributed by atoms with van der Waals surface area (Å²) in [5.74, 6) is -2.53. The second-order valence-electron chi connectivity index (χ2n) is 17.1. The molecule has 3 amide bonds. The van der Waals surface area contributed by atoms with E-state index in [1.54, 1.807) is 25.1 Å². The number of hydrogen-bond acceptors (Lipinski definition) is 9. The molecule has 1 aromatic heterocycles. The molecule has 2 N–H and O–H groups in total. The molecule has 64 heavy (non-hydrogen) atoms. The number of alkyl carbamates (subject to hydrolysis) is 1.